The van der Waals surface area contributed by atoms with Gasteiger partial charge in [-0.2, -0.15) is 5.26 Å². The van der Waals surface area contributed by atoms with Crippen molar-refractivity contribution in [3.05, 3.63) is 23.4 Å². The van der Waals surface area contributed by atoms with Gasteiger partial charge in [-0.05, 0) is 18.6 Å². The molecule has 0 radical (unpaired) electrons. The molecule has 1 aromatic rings. The van der Waals surface area contributed by atoms with E-state index in [2.05, 4.69) is 16.4 Å². The Balaban J connectivity index is 1.99. The van der Waals surface area contributed by atoms with Crippen molar-refractivity contribution in [3.63, 3.8) is 0 Å². The standard InChI is InChI=1S/C12H15N3O2/c1-9-2-3-15-12(11(9)6-13)17-8-10-7-14-4-5-16-10/h2-3,10,14H,4-5,7-8H2,1H3. The molecule has 1 aromatic heterocycles. The lowest BCUT2D eigenvalue weighted by molar-refractivity contribution is -0.000814. The molecule has 5 nitrogen and oxygen atoms in total. The number of rotatable bonds is 3. The van der Waals surface area contributed by atoms with Crippen LogP contribution in [0.3, 0.4) is 0 Å². The summed E-state index contributed by atoms with van der Waals surface area (Å²) in [6, 6.07) is 3.90. The first-order chi connectivity index (χ1) is 8.31. The van der Waals surface area contributed by atoms with Crippen molar-refractivity contribution in [2.75, 3.05) is 26.3 Å². The molecule has 90 valence electrons. The Bertz CT molecular complexity index is 422. The molecule has 17 heavy (non-hydrogen) atoms. The second kappa shape index (κ2) is 5.62. The van der Waals surface area contributed by atoms with Crippen LogP contribution in [-0.4, -0.2) is 37.4 Å². The average molecular weight is 233 g/mol. The first kappa shape index (κ1) is 11.8. The highest BCUT2D eigenvalue weighted by molar-refractivity contribution is 5.43. The molecule has 1 unspecified atom stereocenters. The summed E-state index contributed by atoms with van der Waals surface area (Å²) in [6.07, 6.45) is 1.67. The smallest absolute Gasteiger partial charge is 0.232 e. The molecule has 0 aliphatic carbocycles. The van der Waals surface area contributed by atoms with E-state index in [9.17, 15) is 0 Å². The Morgan fingerprint density at radius 3 is 3.29 bits per heavy atom. The average Bonchev–Trinajstić information content (AvgIpc) is 2.37. The molecule has 0 aromatic carbocycles. The van der Waals surface area contributed by atoms with Gasteiger partial charge in [0.25, 0.3) is 0 Å². The predicted molar refractivity (Wildman–Crippen MR) is 61.8 cm³/mol. The van der Waals surface area contributed by atoms with E-state index in [0.29, 0.717) is 24.7 Å². The topological polar surface area (TPSA) is 67.2 Å². The molecular weight excluding hydrogens is 218 g/mol. The first-order valence-electron chi connectivity index (χ1n) is 5.62. The van der Waals surface area contributed by atoms with Crippen LogP contribution in [0.1, 0.15) is 11.1 Å². The maximum Gasteiger partial charge on any atom is 0.232 e. The molecule has 1 N–H and O–H groups in total. The first-order valence-corrected chi connectivity index (χ1v) is 5.62. The van der Waals surface area contributed by atoms with E-state index in [1.807, 2.05) is 6.92 Å². The van der Waals surface area contributed by atoms with Gasteiger partial charge >= 0.3 is 0 Å². The maximum atomic E-state index is 9.02. The zero-order chi connectivity index (χ0) is 12.1. The van der Waals surface area contributed by atoms with Gasteiger partial charge in [0.1, 0.15) is 24.3 Å². The highest BCUT2D eigenvalue weighted by Gasteiger charge is 2.15. The van der Waals surface area contributed by atoms with E-state index in [1.165, 1.54) is 0 Å². The van der Waals surface area contributed by atoms with Crippen LogP contribution in [0.4, 0.5) is 0 Å². The van der Waals surface area contributed by atoms with E-state index in [0.717, 1.165) is 18.7 Å². The molecule has 5 heteroatoms. The lowest BCUT2D eigenvalue weighted by Crippen LogP contribution is -2.41. The Morgan fingerprint density at radius 2 is 2.59 bits per heavy atom. The van der Waals surface area contributed by atoms with Crippen molar-refractivity contribution in [1.82, 2.24) is 10.3 Å². The number of morpholine rings is 1. The second-order valence-corrected chi connectivity index (χ2v) is 3.93. The van der Waals surface area contributed by atoms with Gasteiger partial charge in [0.05, 0.1) is 6.61 Å². The second-order valence-electron chi connectivity index (χ2n) is 3.93. The number of aryl methyl sites for hydroxylation is 1. The van der Waals surface area contributed by atoms with Crippen molar-refractivity contribution in [2.45, 2.75) is 13.0 Å². The number of hydrogen-bond donors (Lipinski definition) is 1. The largest absolute Gasteiger partial charge is 0.474 e. The summed E-state index contributed by atoms with van der Waals surface area (Å²) in [4.78, 5) is 4.07. The molecule has 2 heterocycles. The number of nitrogens with one attached hydrogen (secondary N) is 1. The third kappa shape index (κ3) is 2.93. The molecule has 1 fully saturated rings. The Hall–Kier alpha value is -1.64. The molecule has 1 aliphatic heterocycles. The Morgan fingerprint density at radius 1 is 1.71 bits per heavy atom. The summed E-state index contributed by atoms with van der Waals surface area (Å²) in [6.45, 7) is 4.63. The van der Waals surface area contributed by atoms with Crippen LogP contribution in [0.15, 0.2) is 12.3 Å². The van der Waals surface area contributed by atoms with Gasteiger partial charge in [-0.25, -0.2) is 4.98 Å². The number of pyridine rings is 1. The summed E-state index contributed by atoms with van der Waals surface area (Å²) in [5.74, 6) is 0.390. The van der Waals surface area contributed by atoms with Gasteiger partial charge in [0, 0.05) is 19.3 Å². The van der Waals surface area contributed by atoms with Crippen LogP contribution < -0.4 is 10.1 Å². The minimum absolute atomic E-state index is 0.0256. The van der Waals surface area contributed by atoms with Crippen LogP contribution in [0.2, 0.25) is 0 Å². The van der Waals surface area contributed by atoms with E-state index in [-0.39, 0.29) is 6.10 Å². The van der Waals surface area contributed by atoms with Gasteiger partial charge in [-0.15, -0.1) is 0 Å². The number of hydrogen-bond acceptors (Lipinski definition) is 5. The summed E-state index contributed by atoms with van der Waals surface area (Å²) in [5.41, 5.74) is 1.37. The molecule has 1 atom stereocenters. The quantitative estimate of drug-likeness (QED) is 0.829. The third-order valence-corrected chi connectivity index (χ3v) is 2.65. The zero-order valence-corrected chi connectivity index (χ0v) is 9.77. The van der Waals surface area contributed by atoms with Gasteiger partial charge in [0.2, 0.25) is 5.88 Å². The summed E-state index contributed by atoms with van der Waals surface area (Å²) in [5, 5.41) is 12.2. The number of ether oxygens (including phenoxy) is 2. The minimum Gasteiger partial charge on any atom is -0.474 e. The van der Waals surface area contributed by atoms with Crippen LogP contribution in [0.25, 0.3) is 0 Å². The number of aromatic nitrogens is 1. The Kier molecular flexibility index (Phi) is 3.91. The van der Waals surface area contributed by atoms with E-state index >= 15 is 0 Å². The monoisotopic (exact) mass is 233 g/mol. The molecule has 0 saturated carbocycles. The van der Waals surface area contributed by atoms with Gasteiger partial charge in [-0.3, -0.25) is 0 Å². The van der Waals surface area contributed by atoms with Crippen LogP contribution in [0.5, 0.6) is 5.88 Å². The SMILES string of the molecule is Cc1ccnc(OCC2CNCCO2)c1C#N. The Labute approximate surface area is 100 Å². The van der Waals surface area contributed by atoms with Crippen molar-refractivity contribution in [3.8, 4) is 11.9 Å². The number of nitrogens with zero attached hydrogens (tertiary/aromatic N) is 2. The van der Waals surface area contributed by atoms with Crippen molar-refractivity contribution >= 4 is 0 Å². The number of nitriles is 1. The van der Waals surface area contributed by atoms with Gasteiger partial charge in [-0.1, -0.05) is 0 Å². The van der Waals surface area contributed by atoms with Crippen molar-refractivity contribution in [1.29, 1.82) is 5.26 Å². The highest BCUT2D eigenvalue weighted by atomic mass is 16.5. The molecule has 1 aliphatic rings. The predicted octanol–water partition coefficient (Wildman–Crippen LogP) is 0.629. The van der Waals surface area contributed by atoms with Crippen LogP contribution in [0, 0.1) is 18.3 Å². The minimum atomic E-state index is 0.0256. The van der Waals surface area contributed by atoms with E-state index < -0.39 is 0 Å². The summed E-state index contributed by atoms with van der Waals surface area (Å²) >= 11 is 0. The fourth-order valence-corrected chi connectivity index (χ4v) is 1.68. The zero-order valence-electron chi connectivity index (χ0n) is 9.77. The van der Waals surface area contributed by atoms with Crippen molar-refractivity contribution in [2.24, 2.45) is 0 Å². The van der Waals surface area contributed by atoms with Gasteiger partial charge < -0.3 is 14.8 Å². The molecule has 0 amide bonds. The van der Waals surface area contributed by atoms with E-state index in [1.54, 1.807) is 12.3 Å². The molecule has 0 bridgehead atoms. The summed E-state index contributed by atoms with van der Waals surface area (Å²) in [7, 11) is 0. The highest BCUT2D eigenvalue weighted by Crippen LogP contribution is 2.17. The van der Waals surface area contributed by atoms with E-state index in [4.69, 9.17) is 14.7 Å². The van der Waals surface area contributed by atoms with Crippen molar-refractivity contribution < 1.29 is 9.47 Å². The lowest BCUT2D eigenvalue weighted by atomic mass is 10.2. The molecule has 0 spiro atoms. The molecule has 2 rings (SSSR count). The normalized spacial score (nSPS) is 19.6. The molecular formula is C12H15N3O2. The van der Waals surface area contributed by atoms with Gasteiger partial charge in [0.15, 0.2) is 0 Å². The fourth-order valence-electron chi connectivity index (χ4n) is 1.68. The van der Waals surface area contributed by atoms with Crippen LogP contribution >= 0.6 is 0 Å². The molecule has 1 saturated heterocycles. The lowest BCUT2D eigenvalue weighted by Gasteiger charge is -2.23. The summed E-state index contributed by atoms with van der Waals surface area (Å²) < 4.78 is 11.1. The third-order valence-electron chi connectivity index (χ3n) is 2.65. The fraction of sp³-hybridized carbons (Fsp3) is 0.500. The van der Waals surface area contributed by atoms with Crippen LogP contribution in [-0.2, 0) is 4.74 Å². The maximum absolute atomic E-state index is 9.02.